The topological polar surface area (TPSA) is 92.1 Å². The van der Waals surface area contributed by atoms with Gasteiger partial charge in [0.1, 0.15) is 0 Å². The molecular weight excluding hydrogens is 341 g/mol. The van der Waals surface area contributed by atoms with Gasteiger partial charge in [-0.15, -0.1) is 24.8 Å². The monoisotopic (exact) mass is 361 g/mol. The largest absolute Gasteiger partial charge is 0.391 e. The normalized spacial score (nSPS) is 20.0. The molecule has 3 rings (SSSR count). The molecular formula is C14H21Cl2N5O2. The summed E-state index contributed by atoms with van der Waals surface area (Å²) in [6.45, 7) is 3.62. The van der Waals surface area contributed by atoms with Gasteiger partial charge < -0.3 is 15.7 Å². The van der Waals surface area contributed by atoms with Gasteiger partial charge in [-0.2, -0.15) is 5.10 Å². The highest BCUT2D eigenvalue weighted by molar-refractivity contribution is 6.05. The van der Waals surface area contributed by atoms with Crippen LogP contribution in [0.2, 0.25) is 0 Å². The predicted molar refractivity (Wildman–Crippen MR) is 92.4 cm³/mol. The number of halogens is 2. The van der Waals surface area contributed by atoms with E-state index in [1.54, 1.807) is 24.0 Å². The molecule has 0 aliphatic carbocycles. The number of aliphatic hydroxyl groups excluding tert-OH is 1. The van der Waals surface area contributed by atoms with Gasteiger partial charge in [0.2, 0.25) is 0 Å². The average molecular weight is 362 g/mol. The van der Waals surface area contributed by atoms with Crippen LogP contribution in [0.5, 0.6) is 0 Å². The van der Waals surface area contributed by atoms with Gasteiger partial charge >= 0.3 is 0 Å². The maximum atomic E-state index is 12.4. The van der Waals surface area contributed by atoms with Crippen molar-refractivity contribution in [1.82, 2.24) is 25.4 Å². The zero-order valence-corrected chi connectivity index (χ0v) is 14.6. The molecule has 1 aliphatic rings. The van der Waals surface area contributed by atoms with Gasteiger partial charge in [0, 0.05) is 38.3 Å². The molecule has 0 radical (unpaired) electrons. The van der Waals surface area contributed by atoms with Crippen LogP contribution in [-0.4, -0.2) is 51.5 Å². The lowest BCUT2D eigenvalue weighted by molar-refractivity contribution is 0.0928. The van der Waals surface area contributed by atoms with Crippen molar-refractivity contribution in [3.05, 3.63) is 23.5 Å². The molecule has 128 valence electrons. The summed E-state index contributed by atoms with van der Waals surface area (Å²) in [5.74, 6) is -0.0983. The number of hydrogen-bond acceptors (Lipinski definition) is 5. The number of nitrogens with zero attached hydrogens (tertiary/aromatic N) is 3. The highest BCUT2D eigenvalue weighted by atomic mass is 35.5. The first-order chi connectivity index (χ1) is 10.1. The van der Waals surface area contributed by atoms with Crippen molar-refractivity contribution in [1.29, 1.82) is 0 Å². The Morgan fingerprint density at radius 1 is 1.48 bits per heavy atom. The van der Waals surface area contributed by atoms with Gasteiger partial charge in [0.15, 0.2) is 5.65 Å². The van der Waals surface area contributed by atoms with Gasteiger partial charge in [0.25, 0.3) is 5.91 Å². The van der Waals surface area contributed by atoms with Gasteiger partial charge in [-0.05, 0) is 13.0 Å². The van der Waals surface area contributed by atoms with E-state index in [-0.39, 0.29) is 36.6 Å². The van der Waals surface area contributed by atoms with Crippen LogP contribution < -0.4 is 10.6 Å². The number of hydrogen-bond donors (Lipinski definition) is 3. The van der Waals surface area contributed by atoms with E-state index in [4.69, 9.17) is 0 Å². The van der Waals surface area contributed by atoms with E-state index >= 15 is 0 Å². The van der Waals surface area contributed by atoms with Crippen LogP contribution in [-0.2, 0) is 7.05 Å². The number of carbonyl (C=O) groups is 1. The van der Waals surface area contributed by atoms with Crippen molar-refractivity contribution in [2.75, 3.05) is 19.6 Å². The number of aromatic nitrogens is 3. The fraction of sp³-hybridized carbons (Fsp3) is 0.500. The lowest BCUT2D eigenvalue weighted by Gasteiger charge is -2.14. The zero-order valence-electron chi connectivity index (χ0n) is 12.9. The fourth-order valence-corrected chi connectivity index (χ4v) is 2.67. The summed E-state index contributed by atoms with van der Waals surface area (Å²) in [5, 5.41) is 20.6. The summed E-state index contributed by atoms with van der Waals surface area (Å²) in [7, 11) is 1.80. The fourth-order valence-electron chi connectivity index (χ4n) is 2.67. The number of nitrogens with one attached hydrogen (secondary N) is 2. The number of aryl methyl sites for hydroxylation is 2. The molecule has 23 heavy (non-hydrogen) atoms. The molecule has 2 aromatic heterocycles. The summed E-state index contributed by atoms with van der Waals surface area (Å²) < 4.78 is 1.66. The SMILES string of the molecule is Cc1cc(C(=O)NCC2CNCC2O)c2cnn(C)c2n1.Cl.Cl. The number of aliphatic hydroxyl groups is 1. The Balaban J connectivity index is 0.00000132. The number of rotatable bonds is 3. The van der Waals surface area contributed by atoms with Crippen LogP contribution in [0.25, 0.3) is 11.0 Å². The molecule has 2 atom stereocenters. The summed E-state index contributed by atoms with van der Waals surface area (Å²) in [6, 6.07) is 1.77. The van der Waals surface area contributed by atoms with E-state index in [1.807, 2.05) is 6.92 Å². The minimum Gasteiger partial charge on any atom is -0.391 e. The van der Waals surface area contributed by atoms with E-state index in [0.717, 1.165) is 17.6 Å². The molecule has 2 aromatic rings. The van der Waals surface area contributed by atoms with Gasteiger partial charge in [-0.25, -0.2) is 4.98 Å². The van der Waals surface area contributed by atoms with Crippen LogP contribution in [0.1, 0.15) is 16.1 Å². The highest BCUT2D eigenvalue weighted by Crippen LogP contribution is 2.17. The van der Waals surface area contributed by atoms with Gasteiger partial charge in [0.05, 0.1) is 23.3 Å². The Bertz CT molecular complexity index is 691. The molecule has 1 saturated heterocycles. The van der Waals surface area contributed by atoms with Gasteiger partial charge in [-0.3, -0.25) is 9.48 Å². The molecule has 0 bridgehead atoms. The van der Waals surface area contributed by atoms with Crippen LogP contribution >= 0.6 is 24.8 Å². The first-order valence-electron chi connectivity index (χ1n) is 7.02. The Hall–Kier alpha value is -1.41. The Morgan fingerprint density at radius 2 is 2.22 bits per heavy atom. The standard InChI is InChI=1S/C14H19N5O2.2ClH/c1-8-3-10(11-6-17-19(2)13(11)18-8)14(21)16-5-9-4-15-7-12(9)20;;/h3,6,9,12,15,20H,4-5,7H2,1-2H3,(H,16,21);2*1H. The minimum atomic E-state index is -0.400. The third-order valence-corrected chi connectivity index (χ3v) is 3.91. The van der Waals surface area contributed by atoms with Crippen LogP contribution in [0, 0.1) is 12.8 Å². The maximum absolute atomic E-state index is 12.4. The van der Waals surface area contributed by atoms with E-state index < -0.39 is 6.10 Å². The number of fused-ring (bicyclic) bond motifs is 1. The number of pyridine rings is 1. The second-order valence-electron chi connectivity index (χ2n) is 5.51. The quantitative estimate of drug-likeness (QED) is 0.737. The Labute approximate surface area is 146 Å². The van der Waals surface area contributed by atoms with Gasteiger partial charge in [-0.1, -0.05) is 0 Å². The lowest BCUT2D eigenvalue weighted by atomic mass is 10.1. The third kappa shape index (κ3) is 3.92. The van der Waals surface area contributed by atoms with Crippen molar-refractivity contribution < 1.29 is 9.90 Å². The van der Waals surface area contributed by atoms with Crippen LogP contribution in [0.15, 0.2) is 12.3 Å². The number of β-amino-alcohol motifs (C(OH)–C–C–N with tert-alkyl or cyclic N) is 1. The predicted octanol–water partition coefficient (Wildman–Crippen LogP) is 0.430. The zero-order chi connectivity index (χ0) is 15.0. The highest BCUT2D eigenvalue weighted by Gasteiger charge is 2.25. The molecule has 9 heteroatoms. The first-order valence-corrected chi connectivity index (χ1v) is 7.02. The van der Waals surface area contributed by atoms with E-state index in [1.165, 1.54) is 0 Å². The summed E-state index contributed by atoms with van der Waals surface area (Å²) >= 11 is 0. The molecule has 0 spiro atoms. The third-order valence-electron chi connectivity index (χ3n) is 3.91. The molecule has 7 nitrogen and oxygen atoms in total. The molecule has 2 unspecified atom stereocenters. The summed E-state index contributed by atoms with van der Waals surface area (Å²) in [6.07, 6.45) is 1.26. The second kappa shape index (κ2) is 7.92. The van der Waals surface area contributed by atoms with Crippen molar-refractivity contribution in [2.24, 2.45) is 13.0 Å². The summed E-state index contributed by atoms with van der Waals surface area (Å²) in [4.78, 5) is 16.8. The lowest BCUT2D eigenvalue weighted by Crippen LogP contribution is -2.34. The van der Waals surface area contributed by atoms with E-state index in [9.17, 15) is 9.90 Å². The average Bonchev–Trinajstić information content (AvgIpc) is 3.02. The molecule has 3 N–H and O–H groups in total. The molecule has 1 fully saturated rings. The van der Waals surface area contributed by atoms with E-state index in [0.29, 0.717) is 24.3 Å². The summed E-state index contributed by atoms with van der Waals surface area (Å²) in [5.41, 5.74) is 2.05. The first kappa shape index (κ1) is 19.6. The minimum absolute atomic E-state index is 0. The second-order valence-corrected chi connectivity index (χ2v) is 5.51. The Morgan fingerprint density at radius 3 is 2.87 bits per heavy atom. The molecule has 0 saturated carbocycles. The maximum Gasteiger partial charge on any atom is 0.252 e. The van der Waals surface area contributed by atoms with Crippen molar-refractivity contribution in [3.8, 4) is 0 Å². The van der Waals surface area contributed by atoms with Crippen LogP contribution in [0.4, 0.5) is 0 Å². The van der Waals surface area contributed by atoms with Crippen molar-refractivity contribution >= 4 is 41.8 Å². The number of carbonyl (C=O) groups excluding carboxylic acids is 1. The molecule has 3 heterocycles. The van der Waals surface area contributed by atoms with Crippen molar-refractivity contribution in [3.63, 3.8) is 0 Å². The molecule has 0 aromatic carbocycles. The molecule has 1 amide bonds. The molecule has 1 aliphatic heterocycles. The number of amides is 1. The Kier molecular flexibility index (Phi) is 6.76. The van der Waals surface area contributed by atoms with Crippen LogP contribution in [0.3, 0.4) is 0 Å². The van der Waals surface area contributed by atoms with Crippen molar-refractivity contribution in [2.45, 2.75) is 13.0 Å². The smallest absolute Gasteiger partial charge is 0.252 e. The van der Waals surface area contributed by atoms with E-state index in [2.05, 4.69) is 20.7 Å².